The van der Waals surface area contributed by atoms with E-state index < -0.39 is 5.97 Å². The van der Waals surface area contributed by atoms with Gasteiger partial charge in [-0.2, -0.15) is 0 Å². The van der Waals surface area contributed by atoms with E-state index >= 15 is 0 Å². The van der Waals surface area contributed by atoms with Crippen LogP contribution in [0.4, 0.5) is 4.79 Å². The Morgan fingerprint density at radius 2 is 1.70 bits per heavy atom. The van der Waals surface area contributed by atoms with Crippen LogP contribution in [0, 0.1) is 6.92 Å². The summed E-state index contributed by atoms with van der Waals surface area (Å²) in [7, 11) is 1.55. The van der Waals surface area contributed by atoms with Crippen LogP contribution in [-0.2, 0) is 11.3 Å². The molecule has 7 heteroatoms. The maximum Gasteiger partial charge on any atom is 0.343 e. The summed E-state index contributed by atoms with van der Waals surface area (Å²) in [5, 5.41) is -0.311. The molecule has 1 heterocycles. The van der Waals surface area contributed by atoms with Crippen molar-refractivity contribution in [2.45, 2.75) is 13.5 Å². The van der Waals surface area contributed by atoms with Crippen molar-refractivity contribution in [3.63, 3.8) is 0 Å². The molecule has 0 aliphatic carbocycles. The fraction of sp³-hybridized carbons (Fsp3) is 0.115. The van der Waals surface area contributed by atoms with Gasteiger partial charge in [-0.25, -0.2) is 4.79 Å². The lowest BCUT2D eigenvalue weighted by Crippen LogP contribution is -2.27. The second kappa shape index (κ2) is 9.75. The van der Waals surface area contributed by atoms with Crippen LogP contribution in [0.15, 0.2) is 77.7 Å². The molecule has 0 aromatic heterocycles. The molecule has 2 amide bonds. The number of esters is 1. The number of hydrogen-bond acceptors (Lipinski definition) is 6. The first-order valence-corrected chi connectivity index (χ1v) is 11.0. The summed E-state index contributed by atoms with van der Waals surface area (Å²) in [6, 6.07) is 21.1. The second-order valence-corrected chi connectivity index (χ2v) is 8.44. The van der Waals surface area contributed by atoms with Gasteiger partial charge in [0.1, 0.15) is 11.5 Å². The number of benzene rings is 3. The highest BCUT2D eigenvalue weighted by atomic mass is 32.2. The van der Waals surface area contributed by atoms with E-state index in [9.17, 15) is 14.4 Å². The molecule has 1 fully saturated rings. The van der Waals surface area contributed by atoms with Gasteiger partial charge in [-0.1, -0.05) is 42.0 Å². The zero-order valence-corrected chi connectivity index (χ0v) is 18.9. The molecule has 1 saturated heterocycles. The van der Waals surface area contributed by atoms with Gasteiger partial charge in [0.05, 0.1) is 24.1 Å². The number of imide groups is 1. The minimum atomic E-state index is -0.506. The van der Waals surface area contributed by atoms with Crippen LogP contribution in [0.2, 0.25) is 0 Å². The average Bonchev–Trinajstić information content (AvgIpc) is 3.08. The molecule has 0 saturated carbocycles. The van der Waals surface area contributed by atoms with Crippen molar-refractivity contribution in [1.82, 2.24) is 4.90 Å². The Bertz CT molecular complexity index is 1230. The summed E-state index contributed by atoms with van der Waals surface area (Å²) in [5.41, 5.74) is 3.03. The first kappa shape index (κ1) is 22.4. The molecule has 0 spiro atoms. The van der Waals surface area contributed by atoms with Crippen LogP contribution < -0.4 is 9.47 Å². The largest absolute Gasteiger partial charge is 0.497 e. The number of nitrogens with zero attached hydrogens (tertiary/aromatic N) is 1. The quantitative estimate of drug-likeness (QED) is 0.277. The summed E-state index contributed by atoms with van der Waals surface area (Å²) < 4.78 is 10.6. The Kier molecular flexibility index (Phi) is 6.60. The van der Waals surface area contributed by atoms with E-state index in [1.165, 1.54) is 4.90 Å². The molecule has 0 atom stereocenters. The zero-order valence-electron chi connectivity index (χ0n) is 18.1. The lowest BCUT2D eigenvalue weighted by Gasteiger charge is -2.12. The molecular formula is C26H21NO5S. The van der Waals surface area contributed by atoms with Crippen molar-refractivity contribution in [2.75, 3.05) is 7.11 Å². The number of ether oxygens (including phenoxy) is 2. The number of aryl methyl sites for hydroxylation is 1. The minimum Gasteiger partial charge on any atom is -0.497 e. The van der Waals surface area contributed by atoms with Crippen molar-refractivity contribution in [2.24, 2.45) is 0 Å². The van der Waals surface area contributed by atoms with E-state index in [2.05, 4.69) is 0 Å². The normalized spacial score (nSPS) is 14.6. The van der Waals surface area contributed by atoms with E-state index in [0.29, 0.717) is 27.5 Å². The topological polar surface area (TPSA) is 72.9 Å². The lowest BCUT2D eigenvalue weighted by molar-refractivity contribution is -0.123. The number of carbonyl (C=O) groups excluding carboxylic acids is 3. The number of rotatable bonds is 6. The highest BCUT2D eigenvalue weighted by Crippen LogP contribution is 2.33. The minimum absolute atomic E-state index is 0.224. The van der Waals surface area contributed by atoms with Crippen molar-refractivity contribution < 1.29 is 23.9 Å². The maximum absolute atomic E-state index is 12.8. The maximum atomic E-state index is 12.8. The molecule has 3 aromatic rings. The van der Waals surface area contributed by atoms with E-state index in [4.69, 9.17) is 9.47 Å². The monoisotopic (exact) mass is 459 g/mol. The molecule has 4 rings (SSSR count). The zero-order chi connectivity index (χ0) is 23.4. The Balaban J connectivity index is 1.47. The van der Waals surface area contributed by atoms with Crippen molar-refractivity contribution in [1.29, 1.82) is 0 Å². The number of amides is 2. The molecule has 0 N–H and O–H groups in total. The van der Waals surface area contributed by atoms with Crippen molar-refractivity contribution in [3.8, 4) is 11.5 Å². The Morgan fingerprint density at radius 3 is 2.39 bits per heavy atom. The molecule has 0 radical (unpaired) electrons. The van der Waals surface area contributed by atoms with Gasteiger partial charge >= 0.3 is 5.97 Å². The summed E-state index contributed by atoms with van der Waals surface area (Å²) in [4.78, 5) is 39.2. The van der Waals surface area contributed by atoms with Crippen LogP contribution in [-0.4, -0.2) is 29.1 Å². The fourth-order valence-corrected chi connectivity index (χ4v) is 4.06. The van der Waals surface area contributed by atoms with Gasteiger partial charge in [0.25, 0.3) is 11.1 Å². The Morgan fingerprint density at radius 1 is 0.970 bits per heavy atom. The Labute approximate surface area is 195 Å². The first-order chi connectivity index (χ1) is 15.9. The van der Waals surface area contributed by atoms with Gasteiger partial charge in [0.2, 0.25) is 0 Å². The van der Waals surface area contributed by atoms with Gasteiger partial charge in [-0.05, 0) is 72.3 Å². The molecule has 0 unspecified atom stereocenters. The average molecular weight is 460 g/mol. The Hall–Kier alpha value is -3.84. The van der Waals surface area contributed by atoms with Crippen LogP contribution in [0.5, 0.6) is 11.5 Å². The van der Waals surface area contributed by atoms with Gasteiger partial charge < -0.3 is 9.47 Å². The molecule has 3 aromatic carbocycles. The van der Waals surface area contributed by atoms with Gasteiger partial charge in [0.15, 0.2) is 0 Å². The van der Waals surface area contributed by atoms with Crippen LogP contribution in [0.25, 0.3) is 6.08 Å². The summed E-state index contributed by atoms with van der Waals surface area (Å²) >= 11 is 0.898. The molecule has 166 valence electrons. The summed E-state index contributed by atoms with van der Waals surface area (Å²) in [5.74, 6) is 0.132. The van der Waals surface area contributed by atoms with E-state index in [-0.39, 0.29) is 17.7 Å². The van der Waals surface area contributed by atoms with E-state index in [1.54, 1.807) is 61.7 Å². The summed E-state index contributed by atoms with van der Waals surface area (Å²) in [6.45, 7) is 2.21. The number of hydrogen-bond donors (Lipinski definition) is 0. The third kappa shape index (κ3) is 5.32. The molecule has 1 aliphatic heterocycles. The van der Waals surface area contributed by atoms with Gasteiger partial charge in [-0.3, -0.25) is 14.5 Å². The van der Waals surface area contributed by atoms with Gasteiger partial charge in [-0.15, -0.1) is 0 Å². The number of carbonyl (C=O) groups is 3. The highest BCUT2D eigenvalue weighted by Gasteiger charge is 2.34. The van der Waals surface area contributed by atoms with Gasteiger partial charge in [0, 0.05) is 0 Å². The molecule has 1 aliphatic rings. The standard InChI is InChI=1S/C26H21NO5S/c1-17-6-8-18(9-7-17)16-27-24(28)23(33-26(27)30)15-19-4-3-5-22(14-19)32-25(29)20-10-12-21(31-2)13-11-20/h3-15H,16H2,1-2H3/b23-15-. The van der Waals surface area contributed by atoms with Crippen molar-refractivity contribution >= 4 is 35.0 Å². The fourth-order valence-electron chi connectivity index (χ4n) is 3.22. The van der Waals surface area contributed by atoms with Crippen LogP contribution >= 0.6 is 11.8 Å². The predicted octanol–water partition coefficient (Wildman–Crippen LogP) is 5.46. The second-order valence-electron chi connectivity index (χ2n) is 7.44. The van der Waals surface area contributed by atoms with Crippen LogP contribution in [0.1, 0.15) is 27.0 Å². The first-order valence-electron chi connectivity index (χ1n) is 10.2. The molecule has 6 nitrogen and oxygen atoms in total. The number of thioether (sulfide) groups is 1. The van der Waals surface area contributed by atoms with Crippen LogP contribution in [0.3, 0.4) is 0 Å². The lowest BCUT2D eigenvalue weighted by atomic mass is 10.1. The number of methoxy groups -OCH3 is 1. The third-order valence-electron chi connectivity index (χ3n) is 5.03. The molecule has 0 bridgehead atoms. The predicted molar refractivity (Wildman–Crippen MR) is 127 cm³/mol. The smallest absolute Gasteiger partial charge is 0.343 e. The third-order valence-corrected chi connectivity index (χ3v) is 5.93. The highest BCUT2D eigenvalue weighted by molar-refractivity contribution is 8.18. The van der Waals surface area contributed by atoms with E-state index in [1.807, 2.05) is 31.2 Å². The molecule has 33 heavy (non-hydrogen) atoms. The SMILES string of the molecule is COc1ccc(C(=O)Oc2cccc(/C=C3\SC(=O)N(Cc4ccc(C)cc4)C3=O)c2)cc1. The van der Waals surface area contributed by atoms with Crippen molar-refractivity contribution in [3.05, 3.63) is 100.0 Å². The molecular weight excluding hydrogens is 438 g/mol. The summed E-state index contributed by atoms with van der Waals surface area (Å²) in [6.07, 6.45) is 1.63. The van der Waals surface area contributed by atoms with E-state index in [0.717, 1.165) is 22.9 Å².